The summed E-state index contributed by atoms with van der Waals surface area (Å²) in [5.41, 5.74) is 0.188. The van der Waals surface area contributed by atoms with Crippen molar-refractivity contribution in [3.8, 4) is 0 Å². The smallest absolute Gasteiger partial charge is 0.232 e. The SMILES string of the molecule is O=C(CSc1ccncc1)N1CC[C@H](c2ccccc2F)S(=O)(=O)CC1. The van der Waals surface area contributed by atoms with Crippen molar-refractivity contribution in [2.24, 2.45) is 0 Å². The zero-order valence-corrected chi connectivity index (χ0v) is 15.7. The van der Waals surface area contributed by atoms with Crippen LogP contribution >= 0.6 is 11.8 Å². The number of nitrogens with zero attached hydrogens (tertiary/aromatic N) is 2. The topological polar surface area (TPSA) is 67.3 Å². The Morgan fingerprint density at radius 1 is 1.19 bits per heavy atom. The third kappa shape index (κ3) is 4.42. The third-order valence-corrected chi connectivity index (χ3v) is 7.46. The molecule has 3 rings (SSSR count). The van der Waals surface area contributed by atoms with Crippen LogP contribution in [0, 0.1) is 5.82 Å². The second-order valence-corrected chi connectivity index (χ2v) is 9.37. The highest BCUT2D eigenvalue weighted by atomic mass is 32.2. The number of carbonyl (C=O) groups excluding carboxylic acids is 1. The van der Waals surface area contributed by atoms with Crippen molar-refractivity contribution in [1.82, 2.24) is 9.88 Å². The van der Waals surface area contributed by atoms with Gasteiger partial charge in [0.1, 0.15) is 5.82 Å². The molecule has 1 aliphatic heterocycles. The minimum absolute atomic E-state index is 0.115. The molecule has 138 valence electrons. The van der Waals surface area contributed by atoms with Gasteiger partial charge < -0.3 is 4.90 Å². The minimum Gasteiger partial charge on any atom is -0.341 e. The molecule has 1 amide bonds. The van der Waals surface area contributed by atoms with Crippen molar-refractivity contribution >= 4 is 27.5 Å². The molecule has 1 atom stereocenters. The van der Waals surface area contributed by atoms with E-state index in [4.69, 9.17) is 0 Å². The molecular weight excluding hydrogens is 375 g/mol. The van der Waals surface area contributed by atoms with Gasteiger partial charge in [0.05, 0.1) is 16.8 Å². The highest BCUT2D eigenvalue weighted by molar-refractivity contribution is 8.00. The van der Waals surface area contributed by atoms with E-state index in [-0.39, 0.29) is 35.9 Å². The third-order valence-electron chi connectivity index (χ3n) is 4.36. The Labute approximate surface area is 156 Å². The van der Waals surface area contributed by atoms with Crippen molar-refractivity contribution in [3.63, 3.8) is 0 Å². The van der Waals surface area contributed by atoms with Crippen LogP contribution in [0.2, 0.25) is 0 Å². The second kappa shape index (κ2) is 8.18. The van der Waals surface area contributed by atoms with Crippen molar-refractivity contribution < 1.29 is 17.6 Å². The number of pyridine rings is 1. The number of halogens is 1. The predicted molar refractivity (Wildman–Crippen MR) is 99.1 cm³/mol. The molecule has 0 N–H and O–H groups in total. The highest BCUT2D eigenvalue weighted by Gasteiger charge is 2.33. The summed E-state index contributed by atoms with van der Waals surface area (Å²) >= 11 is 1.39. The quantitative estimate of drug-likeness (QED) is 0.746. The van der Waals surface area contributed by atoms with E-state index >= 15 is 0 Å². The van der Waals surface area contributed by atoms with Crippen molar-refractivity contribution in [2.45, 2.75) is 16.6 Å². The Bertz CT molecular complexity index is 875. The molecule has 8 heteroatoms. The maximum atomic E-state index is 14.1. The van der Waals surface area contributed by atoms with Crippen LogP contribution < -0.4 is 0 Å². The van der Waals surface area contributed by atoms with E-state index in [1.54, 1.807) is 23.4 Å². The Hall–Kier alpha value is -1.93. The first-order valence-electron chi connectivity index (χ1n) is 8.24. The molecule has 2 heterocycles. The standard InChI is InChI=1S/C18H19FN2O3S2/c19-16-4-2-1-3-15(16)17-7-10-21(11-12-26(17,23)24)18(22)13-25-14-5-8-20-9-6-14/h1-6,8-9,17H,7,10-13H2/t17-/m1/s1. The molecule has 1 saturated heterocycles. The fourth-order valence-electron chi connectivity index (χ4n) is 2.95. The molecule has 26 heavy (non-hydrogen) atoms. The molecule has 1 aliphatic rings. The van der Waals surface area contributed by atoms with Gasteiger partial charge in [0, 0.05) is 35.9 Å². The van der Waals surface area contributed by atoms with Crippen LogP contribution in [0.5, 0.6) is 0 Å². The Morgan fingerprint density at radius 3 is 2.65 bits per heavy atom. The van der Waals surface area contributed by atoms with Crippen LogP contribution in [0.3, 0.4) is 0 Å². The first kappa shape index (κ1) is 18.8. The van der Waals surface area contributed by atoms with Gasteiger partial charge in [0.25, 0.3) is 0 Å². The number of sulfone groups is 1. The van der Waals surface area contributed by atoms with Gasteiger partial charge in [-0.3, -0.25) is 9.78 Å². The van der Waals surface area contributed by atoms with Gasteiger partial charge in [0.15, 0.2) is 9.84 Å². The summed E-state index contributed by atoms with van der Waals surface area (Å²) in [6.07, 6.45) is 3.52. The molecule has 0 bridgehead atoms. The van der Waals surface area contributed by atoms with Crippen LogP contribution in [0.15, 0.2) is 53.7 Å². The summed E-state index contributed by atoms with van der Waals surface area (Å²) in [6, 6.07) is 9.58. The summed E-state index contributed by atoms with van der Waals surface area (Å²) in [6.45, 7) is 0.441. The normalized spacial score (nSPS) is 19.7. The van der Waals surface area contributed by atoms with E-state index in [2.05, 4.69) is 4.98 Å². The number of benzene rings is 1. The van der Waals surface area contributed by atoms with Gasteiger partial charge in [-0.2, -0.15) is 0 Å². The van der Waals surface area contributed by atoms with Gasteiger partial charge in [-0.25, -0.2) is 12.8 Å². The maximum absolute atomic E-state index is 14.1. The fraction of sp³-hybridized carbons (Fsp3) is 0.333. The van der Waals surface area contributed by atoms with Crippen LogP contribution in [0.25, 0.3) is 0 Å². The minimum atomic E-state index is -3.52. The number of hydrogen-bond donors (Lipinski definition) is 0. The molecule has 2 aromatic rings. The molecule has 0 aliphatic carbocycles. The fourth-order valence-corrected chi connectivity index (χ4v) is 5.54. The van der Waals surface area contributed by atoms with Gasteiger partial charge >= 0.3 is 0 Å². The van der Waals surface area contributed by atoms with E-state index in [0.717, 1.165) is 4.90 Å². The Kier molecular flexibility index (Phi) is 5.93. The van der Waals surface area contributed by atoms with E-state index < -0.39 is 20.9 Å². The first-order valence-corrected chi connectivity index (χ1v) is 10.9. The Balaban J connectivity index is 1.68. The highest BCUT2D eigenvalue weighted by Crippen LogP contribution is 2.31. The molecule has 0 spiro atoms. The van der Waals surface area contributed by atoms with Gasteiger partial charge in [-0.05, 0) is 24.6 Å². The monoisotopic (exact) mass is 394 g/mol. The zero-order valence-electron chi connectivity index (χ0n) is 14.0. The van der Waals surface area contributed by atoms with E-state index in [9.17, 15) is 17.6 Å². The number of amides is 1. The Morgan fingerprint density at radius 2 is 1.92 bits per heavy atom. The predicted octanol–water partition coefficient (Wildman–Crippen LogP) is 2.70. The van der Waals surface area contributed by atoms with Gasteiger partial charge in [-0.15, -0.1) is 11.8 Å². The summed E-state index contributed by atoms with van der Waals surface area (Å²) in [5.74, 6) is -0.559. The van der Waals surface area contributed by atoms with E-state index in [0.29, 0.717) is 6.54 Å². The largest absolute Gasteiger partial charge is 0.341 e. The molecule has 0 radical (unpaired) electrons. The molecule has 0 saturated carbocycles. The number of rotatable bonds is 4. The summed E-state index contributed by atoms with van der Waals surface area (Å²) < 4.78 is 39.2. The van der Waals surface area contributed by atoms with Crippen molar-refractivity contribution in [2.75, 3.05) is 24.6 Å². The summed E-state index contributed by atoms with van der Waals surface area (Å²) in [7, 11) is -3.52. The number of carbonyl (C=O) groups is 1. The summed E-state index contributed by atoms with van der Waals surface area (Å²) in [4.78, 5) is 18.9. The van der Waals surface area contributed by atoms with Crippen LogP contribution in [0.4, 0.5) is 4.39 Å². The van der Waals surface area contributed by atoms with E-state index in [1.165, 1.54) is 30.0 Å². The summed E-state index contributed by atoms with van der Waals surface area (Å²) in [5, 5.41) is -0.908. The average Bonchev–Trinajstić information content (AvgIpc) is 2.79. The lowest BCUT2D eigenvalue weighted by atomic mass is 10.1. The average molecular weight is 394 g/mol. The lowest BCUT2D eigenvalue weighted by Crippen LogP contribution is -2.34. The van der Waals surface area contributed by atoms with Crippen LogP contribution in [0.1, 0.15) is 17.2 Å². The lowest BCUT2D eigenvalue weighted by Gasteiger charge is -2.20. The van der Waals surface area contributed by atoms with Gasteiger partial charge in [0.2, 0.25) is 5.91 Å². The van der Waals surface area contributed by atoms with E-state index in [1.807, 2.05) is 12.1 Å². The lowest BCUT2D eigenvalue weighted by molar-refractivity contribution is -0.128. The van der Waals surface area contributed by atoms with Crippen LogP contribution in [-0.4, -0.2) is 48.8 Å². The molecule has 1 fully saturated rings. The molecule has 1 aromatic heterocycles. The maximum Gasteiger partial charge on any atom is 0.232 e. The number of thioether (sulfide) groups is 1. The zero-order chi connectivity index (χ0) is 18.6. The molecule has 1 aromatic carbocycles. The first-order chi connectivity index (χ1) is 12.5. The second-order valence-electron chi connectivity index (χ2n) is 6.02. The molecular formula is C18H19FN2O3S2. The molecule has 5 nitrogen and oxygen atoms in total. The number of hydrogen-bond acceptors (Lipinski definition) is 5. The van der Waals surface area contributed by atoms with Crippen molar-refractivity contribution in [3.05, 3.63) is 60.2 Å². The number of aromatic nitrogens is 1. The van der Waals surface area contributed by atoms with Gasteiger partial charge in [-0.1, -0.05) is 18.2 Å². The molecule has 0 unspecified atom stereocenters. The van der Waals surface area contributed by atoms with Crippen molar-refractivity contribution in [1.29, 1.82) is 0 Å². The van der Waals surface area contributed by atoms with Crippen LogP contribution in [-0.2, 0) is 14.6 Å².